The Balaban J connectivity index is 1.52. The zero-order valence-corrected chi connectivity index (χ0v) is 15.1. The molecule has 3 rings (SSSR count). The number of nitrogens with one attached hydrogen (secondary N) is 2. The third-order valence-electron chi connectivity index (χ3n) is 3.77. The summed E-state index contributed by atoms with van der Waals surface area (Å²) in [6.07, 6.45) is 2.49. The average Bonchev–Trinajstić information content (AvgIpc) is 3.17. The third kappa shape index (κ3) is 5.04. The molecule has 0 aliphatic carbocycles. The van der Waals surface area contributed by atoms with Crippen LogP contribution >= 0.6 is 11.3 Å². The molecule has 0 radical (unpaired) electrons. The van der Waals surface area contributed by atoms with Crippen LogP contribution in [-0.2, 0) is 6.42 Å². The quantitative estimate of drug-likeness (QED) is 0.487. The summed E-state index contributed by atoms with van der Waals surface area (Å²) in [7, 11) is 0. The van der Waals surface area contributed by atoms with Crippen LogP contribution in [0.5, 0.6) is 17.2 Å². The van der Waals surface area contributed by atoms with Crippen molar-refractivity contribution in [3.8, 4) is 17.2 Å². The van der Waals surface area contributed by atoms with E-state index in [9.17, 15) is 0 Å². The highest BCUT2D eigenvalue weighted by molar-refractivity contribution is 7.09. The summed E-state index contributed by atoms with van der Waals surface area (Å²) in [6.45, 7) is 0.657. The SMILES string of the molecule is N=CCC(=N)c1ccc(Oc2ccc(OCCc3cccs3)cc2)cc1. The van der Waals surface area contributed by atoms with Gasteiger partial charge in [0.2, 0.25) is 0 Å². The fourth-order valence-electron chi connectivity index (χ4n) is 2.41. The molecule has 5 heteroatoms. The van der Waals surface area contributed by atoms with E-state index in [1.54, 1.807) is 11.3 Å². The van der Waals surface area contributed by atoms with Crippen molar-refractivity contribution in [3.05, 3.63) is 76.5 Å². The number of thiophene rings is 1. The smallest absolute Gasteiger partial charge is 0.127 e. The van der Waals surface area contributed by atoms with Crippen molar-refractivity contribution in [3.63, 3.8) is 0 Å². The molecule has 1 aromatic heterocycles. The van der Waals surface area contributed by atoms with Gasteiger partial charge in [-0.15, -0.1) is 11.3 Å². The van der Waals surface area contributed by atoms with Crippen LogP contribution < -0.4 is 9.47 Å². The summed E-state index contributed by atoms with van der Waals surface area (Å²) in [5.74, 6) is 2.27. The standard InChI is InChI=1S/C21H20N2O2S/c22-13-11-21(23)16-3-5-18(6-4-16)25-19-9-7-17(8-10-19)24-14-12-20-2-1-15-26-20/h1-10,13,15,22-23H,11-12,14H2. The lowest BCUT2D eigenvalue weighted by Crippen LogP contribution is -2.00. The van der Waals surface area contributed by atoms with E-state index in [1.807, 2.05) is 48.5 Å². The second-order valence-corrected chi connectivity index (χ2v) is 6.69. The number of hydrogen-bond acceptors (Lipinski definition) is 5. The molecule has 0 saturated heterocycles. The number of hydrogen-bond donors (Lipinski definition) is 2. The minimum absolute atomic E-state index is 0.341. The van der Waals surface area contributed by atoms with E-state index in [2.05, 4.69) is 17.5 Å². The van der Waals surface area contributed by atoms with Gasteiger partial charge >= 0.3 is 0 Å². The van der Waals surface area contributed by atoms with Crippen LogP contribution in [-0.4, -0.2) is 18.5 Å². The topological polar surface area (TPSA) is 66.2 Å². The van der Waals surface area contributed by atoms with E-state index in [0.29, 0.717) is 24.5 Å². The highest BCUT2D eigenvalue weighted by Crippen LogP contribution is 2.24. The minimum Gasteiger partial charge on any atom is -0.493 e. The molecule has 0 unspecified atom stereocenters. The maximum Gasteiger partial charge on any atom is 0.127 e. The van der Waals surface area contributed by atoms with Gasteiger partial charge in [-0.1, -0.05) is 6.07 Å². The highest BCUT2D eigenvalue weighted by Gasteiger charge is 2.03. The lowest BCUT2D eigenvalue weighted by molar-refractivity contribution is 0.322. The fourth-order valence-corrected chi connectivity index (χ4v) is 3.10. The zero-order chi connectivity index (χ0) is 18.2. The molecule has 4 nitrogen and oxygen atoms in total. The van der Waals surface area contributed by atoms with Crippen molar-refractivity contribution in [1.82, 2.24) is 0 Å². The van der Waals surface area contributed by atoms with Crippen molar-refractivity contribution in [2.45, 2.75) is 12.8 Å². The van der Waals surface area contributed by atoms with E-state index in [-0.39, 0.29) is 0 Å². The molecule has 132 valence electrons. The Morgan fingerprint density at radius 1 is 0.923 bits per heavy atom. The fraction of sp³-hybridized carbons (Fsp3) is 0.143. The Kier molecular flexibility index (Phi) is 6.17. The van der Waals surface area contributed by atoms with Crippen molar-refractivity contribution < 1.29 is 9.47 Å². The maximum atomic E-state index is 7.84. The molecule has 0 saturated carbocycles. The Hall–Kier alpha value is -2.92. The Morgan fingerprint density at radius 3 is 2.19 bits per heavy atom. The molecular formula is C21H20N2O2S. The third-order valence-corrected chi connectivity index (χ3v) is 4.70. The average molecular weight is 364 g/mol. The molecule has 0 spiro atoms. The normalized spacial score (nSPS) is 10.3. The first-order chi connectivity index (χ1) is 12.7. The van der Waals surface area contributed by atoms with Crippen LogP contribution in [0.4, 0.5) is 0 Å². The lowest BCUT2D eigenvalue weighted by Gasteiger charge is -2.09. The van der Waals surface area contributed by atoms with Gasteiger partial charge in [0.05, 0.1) is 6.61 Å². The molecule has 1 heterocycles. The molecular weight excluding hydrogens is 344 g/mol. The number of ether oxygens (including phenoxy) is 2. The second-order valence-electron chi connectivity index (χ2n) is 5.66. The molecule has 3 aromatic rings. The van der Waals surface area contributed by atoms with Gasteiger partial charge in [-0.25, -0.2) is 0 Å². The molecule has 2 aromatic carbocycles. The Morgan fingerprint density at radius 2 is 1.58 bits per heavy atom. The largest absolute Gasteiger partial charge is 0.493 e. The van der Waals surface area contributed by atoms with Crippen LogP contribution in [0.1, 0.15) is 16.9 Å². The van der Waals surface area contributed by atoms with Crippen LogP contribution in [0.2, 0.25) is 0 Å². The molecule has 0 aliphatic rings. The summed E-state index contributed by atoms with van der Waals surface area (Å²) in [5, 5.41) is 17.0. The molecule has 0 bridgehead atoms. The molecule has 26 heavy (non-hydrogen) atoms. The molecule has 0 aliphatic heterocycles. The van der Waals surface area contributed by atoms with E-state index < -0.39 is 0 Å². The second kappa shape index (κ2) is 8.97. The summed E-state index contributed by atoms with van der Waals surface area (Å²) in [6, 6.07) is 19.1. The highest BCUT2D eigenvalue weighted by atomic mass is 32.1. The van der Waals surface area contributed by atoms with Crippen LogP contribution in [0, 0.1) is 10.8 Å². The maximum absolute atomic E-state index is 7.84. The van der Waals surface area contributed by atoms with Crippen molar-refractivity contribution in [2.75, 3.05) is 6.61 Å². The zero-order valence-electron chi connectivity index (χ0n) is 14.3. The summed E-state index contributed by atoms with van der Waals surface area (Å²) in [4.78, 5) is 1.32. The summed E-state index contributed by atoms with van der Waals surface area (Å²) >= 11 is 1.74. The van der Waals surface area contributed by atoms with Gasteiger partial charge in [0, 0.05) is 29.6 Å². The first-order valence-corrected chi connectivity index (χ1v) is 9.22. The Labute approximate surface area is 157 Å². The number of benzene rings is 2. The predicted octanol–water partition coefficient (Wildman–Crippen LogP) is 5.57. The van der Waals surface area contributed by atoms with Crippen LogP contribution in [0.25, 0.3) is 0 Å². The number of rotatable bonds is 9. The van der Waals surface area contributed by atoms with Gasteiger partial charge in [-0.3, -0.25) is 0 Å². The van der Waals surface area contributed by atoms with Crippen molar-refractivity contribution in [2.24, 2.45) is 0 Å². The van der Waals surface area contributed by atoms with Gasteiger partial charge in [-0.05, 0) is 65.5 Å². The minimum atomic E-state index is 0.341. The van der Waals surface area contributed by atoms with Gasteiger partial charge in [0.1, 0.15) is 17.2 Å². The van der Waals surface area contributed by atoms with E-state index in [0.717, 1.165) is 23.5 Å². The van der Waals surface area contributed by atoms with Crippen LogP contribution in [0.15, 0.2) is 66.0 Å². The van der Waals surface area contributed by atoms with Gasteiger partial charge < -0.3 is 20.3 Å². The van der Waals surface area contributed by atoms with Crippen molar-refractivity contribution in [1.29, 1.82) is 10.8 Å². The Bertz CT molecular complexity index is 841. The van der Waals surface area contributed by atoms with Crippen molar-refractivity contribution >= 4 is 23.3 Å². The van der Waals surface area contributed by atoms with Crippen LogP contribution in [0.3, 0.4) is 0 Å². The van der Waals surface area contributed by atoms with Gasteiger partial charge in [0.15, 0.2) is 0 Å². The predicted molar refractivity (Wildman–Crippen MR) is 107 cm³/mol. The first kappa shape index (κ1) is 17.9. The molecule has 2 N–H and O–H groups in total. The molecule has 0 fully saturated rings. The van der Waals surface area contributed by atoms with Gasteiger partial charge in [0.25, 0.3) is 0 Å². The summed E-state index contributed by atoms with van der Waals surface area (Å²) in [5.41, 5.74) is 1.23. The first-order valence-electron chi connectivity index (χ1n) is 8.34. The monoisotopic (exact) mass is 364 g/mol. The summed E-state index contributed by atoms with van der Waals surface area (Å²) < 4.78 is 11.6. The lowest BCUT2D eigenvalue weighted by atomic mass is 10.1. The van der Waals surface area contributed by atoms with E-state index in [1.165, 1.54) is 11.1 Å². The molecule has 0 atom stereocenters. The molecule has 0 amide bonds. The van der Waals surface area contributed by atoms with E-state index >= 15 is 0 Å². The van der Waals surface area contributed by atoms with Gasteiger partial charge in [-0.2, -0.15) is 0 Å². The van der Waals surface area contributed by atoms with E-state index in [4.69, 9.17) is 20.3 Å².